The number of rotatable bonds is 4. The van der Waals surface area contributed by atoms with Gasteiger partial charge in [0, 0.05) is 6.54 Å². The van der Waals surface area contributed by atoms with Crippen molar-refractivity contribution in [3.05, 3.63) is 47.6 Å². The number of hydrogen-bond donors (Lipinski definition) is 2. The fourth-order valence-electron chi connectivity index (χ4n) is 1.90. The van der Waals surface area contributed by atoms with E-state index in [0.717, 1.165) is 21.6 Å². The number of aromatic nitrogens is 2. The Balaban J connectivity index is 1.77. The van der Waals surface area contributed by atoms with Crippen LogP contribution in [-0.4, -0.2) is 18.4 Å². The molecule has 0 spiro atoms. The lowest BCUT2D eigenvalue weighted by Crippen LogP contribution is -2.12. The summed E-state index contributed by atoms with van der Waals surface area (Å²) in [4.78, 5) is 8.50. The first kappa shape index (κ1) is 13.9. The van der Waals surface area contributed by atoms with E-state index in [1.54, 1.807) is 23.5 Å². The average Bonchev–Trinajstić information content (AvgIpc) is 2.93. The van der Waals surface area contributed by atoms with Gasteiger partial charge in [0.2, 0.25) is 10.0 Å². The molecule has 0 bridgehead atoms. The lowest BCUT2D eigenvalue weighted by molar-refractivity contribution is 0.598. The van der Waals surface area contributed by atoms with E-state index in [9.17, 15) is 8.42 Å². The highest BCUT2D eigenvalue weighted by Gasteiger charge is 2.07. The highest BCUT2D eigenvalue weighted by molar-refractivity contribution is 7.89. The van der Waals surface area contributed by atoms with Crippen LogP contribution in [-0.2, 0) is 16.6 Å². The third-order valence-corrected chi connectivity index (χ3v) is 4.79. The Hall–Kier alpha value is -2.03. The molecule has 6 nitrogen and oxygen atoms in total. The molecule has 0 fully saturated rings. The first-order valence-corrected chi connectivity index (χ1v) is 8.50. The molecule has 108 valence electrons. The minimum atomic E-state index is -3.65. The van der Waals surface area contributed by atoms with Crippen LogP contribution in [0.5, 0.6) is 0 Å². The molecule has 0 aliphatic carbocycles. The smallest absolute Gasteiger partial charge is 0.238 e. The van der Waals surface area contributed by atoms with Crippen LogP contribution in [0.15, 0.2) is 46.9 Å². The topological polar surface area (TPSA) is 98.0 Å². The van der Waals surface area contributed by atoms with Crippen molar-refractivity contribution in [2.45, 2.75) is 11.4 Å². The summed E-state index contributed by atoms with van der Waals surface area (Å²) in [6.45, 7) is 0.537. The Bertz CT molecular complexity index is 873. The summed E-state index contributed by atoms with van der Waals surface area (Å²) in [5.41, 5.74) is 1.84. The Morgan fingerprint density at radius 2 is 1.90 bits per heavy atom. The molecule has 0 atom stereocenters. The number of benzene rings is 1. The predicted octanol–water partition coefficient (Wildman–Crippen LogP) is 1.95. The molecule has 3 rings (SSSR count). The van der Waals surface area contributed by atoms with Gasteiger partial charge >= 0.3 is 0 Å². The molecule has 0 unspecified atom stereocenters. The first-order valence-electron chi connectivity index (χ1n) is 6.08. The Morgan fingerprint density at radius 3 is 2.62 bits per heavy atom. The predicted molar refractivity (Wildman–Crippen MR) is 82.6 cm³/mol. The van der Waals surface area contributed by atoms with E-state index >= 15 is 0 Å². The number of nitrogens with zero attached hydrogens (tertiary/aromatic N) is 2. The molecule has 1 aromatic carbocycles. The van der Waals surface area contributed by atoms with Crippen molar-refractivity contribution in [2.75, 3.05) is 5.32 Å². The van der Waals surface area contributed by atoms with Crippen LogP contribution in [0.3, 0.4) is 0 Å². The van der Waals surface area contributed by atoms with Crippen molar-refractivity contribution >= 4 is 37.4 Å². The quantitative estimate of drug-likeness (QED) is 0.765. The van der Waals surface area contributed by atoms with Crippen molar-refractivity contribution in [1.29, 1.82) is 0 Å². The minimum Gasteiger partial charge on any atom is -0.365 e. The van der Waals surface area contributed by atoms with Crippen LogP contribution in [0.1, 0.15) is 5.56 Å². The van der Waals surface area contributed by atoms with Crippen LogP contribution in [0.25, 0.3) is 10.2 Å². The van der Waals surface area contributed by atoms with Gasteiger partial charge in [-0.25, -0.2) is 23.5 Å². The van der Waals surface area contributed by atoms with Crippen molar-refractivity contribution < 1.29 is 8.42 Å². The van der Waals surface area contributed by atoms with Gasteiger partial charge in [0.25, 0.3) is 0 Å². The number of fused-ring (bicyclic) bond motifs is 1. The SMILES string of the molecule is NS(=O)(=O)c1ccc(CNc2ncnc3ccsc23)cc1. The number of sulfonamides is 1. The summed E-state index contributed by atoms with van der Waals surface area (Å²) < 4.78 is 23.4. The summed E-state index contributed by atoms with van der Waals surface area (Å²) in [6, 6.07) is 8.37. The third kappa shape index (κ3) is 3.02. The van der Waals surface area contributed by atoms with Crippen molar-refractivity contribution in [3.63, 3.8) is 0 Å². The molecule has 2 heterocycles. The van der Waals surface area contributed by atoms with Crippen molar-refractivity contribution in [3.8, 4) is 0 Å². The minimum absolute atomic E-state index is 0.105. The molecule has 3 aromatic rings. The van der Waals surface area contributed by atoms with Crippen molar-refractivity contribution in [2.24, 2.45) is 5.14 Å². The zero-order chi connectivity index (χ0) is 14.9. The molecule has 0 radical (unpaired) electrons. The normalized spacial score (nSPS) is 11.7. The van der Waals surface area contributed by atoms with E-state index in [4.69, 9.17) is 5.14 Å². The third-order valence-electron chi connectivity index (χ3n) is 2.96. The van der Waals surface area contributed by atoms with Crippen LogP contribution < -0.4 is 10.5 Å². The molecule has 0 aliphatic rings. The van der Waals surface area contributed by atoms with Crippen LogP contribution >= 0.6 is 11.3 Å². The maximum Gasteiger partial charge on any atom is 0.238 e. The fraction of sp³-hybridized carbons (Fsp3) is 0.0769. The van der Waals surface area contributed by atoms with Crippen LogP contribution in [0, 0.1) is 0 Å². The zero-order valence-electron chi connectivity index (χ0n) is 10.9. The van der Waals surface area contributed by atoms with E-state index in [-0.39, 0.29) is 4.90 Å². The monoisotopic (exact) mass is 320 g/mol. The van der Waals surface area contributed by atoms with Gasteiger partial charge in [0.1, 0.15) is 12.1 Å². The number of nitrogens with two attached hydrogens (primary N) is 1. The number of hydrogen-bond acceptors (Lipinski definition) is 6. The molecule has 0 saturated heterocycles. The molecule has 0 aliphatic heterocycles. The summed E-state index contributed by atoms with van der Waals surface area (Å²) in [5, 5.41) is 10.3. The second kappa shape index (κ2) is 5.40. The first-order chi connectivity index (χ1) is 10.0. The molecule has 0 saturated carbocycles. The van der Waals surface area contributed by atoms with E-state index < -0.39 is 10.0 Å². The molecular formula is C13H12N4O2S2. The largest absolute Gasteiger partial charge is 0.365 e. The fourth-order valence-corrected chi connectivity index (χ4v) is 3.22. The van der Waals surface area contributed by atoms with Crippen LogP contribution in [0.2, 0.25) is 0 Å². The number of primary sulfonamides is 1. The summed E-state index contributed by atoms with van der Waals surface area (Å²) in [7, 11) is -3.65. The van der Waals surface area contributed by atoms with Gasteiger partial charge in [-0.1, -0.05) is 12.1 Å². The summed E-state index contributed by atoms with van der Waals surface area (Å²) >= 11 is 1.57. The van der Waals surface area contributed by atoms with Gasteiger partial charge in [-0.3, -0.25) is 0 Å². The Morgan fingerprint density at radius 1 is 1.14 bits per heavy atom. The second-order valence-electron chi connectivity index (χ2n) is 4.40. The zero-order valence-corrected chi connectivity index (χ0v) is 12.5. The maximum atomic E-state index is 11.2. The summed E-state index contributed by atoms with van der Waals surface area (Å²) in [6.07, 6.45) is 1.52. The average molecular weight is 320 g/mol. The van der Waals surface area contributed by atoms with Crippen LogP contribution in [0.4, 0.5) is 5.82 Å². The lowest BCUT2D eigenvalue weighted by atomic mass is 10.2. The van der Waals surface area contributed by atoms with E-state index in [1.165, 1.54) is 18.5 Å². The lowest BCUT2D eigenvalue weighted by Gasteiger charge is -2.07. The number of nitrogens with one attached hydrogen (secondary N) is 1. The highest BCUT2D eigenvalue weighted by atomic mass is 32.2. The van der Waals surface area contributed by atoms with Gasteiger partial charge in [-0.05, 0) is 29.1 Å². The van der Waals surface area contributed by atoms with Gasteiger partial charge in [0.05, 0.1) is 15.1 Å². The second-order valence-corrected chi connectivity index (χ2v) is 6.88. The molecule has 21 heavy (non-hydrogen) atoms. The molecule has 8 heteroatoms. The summed E-state index contributed by atoms with van der Waals surface area (Å²) in [5.74, 6) is 0.769. The van der Waals surface area contributed by atoms with E-state index in [1.807, 2.05) is 11.4 Å². The molecular weight excluding hydrogens is 308 g/mol. The van der Waals surface area contributed by atoms with E-state index in [2.05, 4.69) is 15.3 Å². The van der Waals surface area contributed by atoms with Gasteiger partial charge in [-0.15, -0.1) is 11.3 Å². The van der Waals surface area contributed by atoms with E-state index in [0.29, 0.717) is 6.54 Å². The standard InChI is InChI=1S/C13H12N4O2S2/c14-21(18,19)10-3-1-9(2-4-10)7-15-13-12-11(5-6-20-12)16-8-17-13/h1-6,8H,7H2,(H2,14,18,19)(H,15,16,17). The maximum absolute atomic E-state index is 11.2. The van der Waals surface area contributed by atoms with Gasteiger partial charge in [0.15, 0.2) is 0 Å². The molecule has 2 aromatic heterocycles. The molecule has 3 N–H and O–H groups in total. The number of anilines is 1. The highest BCUT2D eigenvalue weighted by Crippen LogP contribution is 2.25. The Labute approximate surface area is 125 Å². The Kier molecular flexibility index (Phi) is 3.58. The van der Waals surface area contributed by atoms with Gasteiger partial charge < -0.3 is 5.32 Å². The van der Waals surface area contributed by atoms with Crippen molar-refractivity contribution in [1.82, 2.24) is 9.97 Å². The van der Waals surface area contributed by atoms with Gasteiger partial charge in [-0.2, -0.15) is 0 Å². The molecule has 0 amide bonds. The number of thiophene rings is 1.